The molecule has 0 spiro atoms. The van der Waals surface area contributed by atoms with Gasteiger partial charge in [-0.25, -0.2) is 0 Å². The highest BCUT2D eigenvalue weighted by Gasteiger charge is 2.20. The molecule has 3 heterocycles. The molecule has 3 aromatic rings. The van der Waals surface area contributed by atoms with Gasteiger partial charge < -0.3 is 19.4 Å². The summed E-state index contributed by atoms with van der Waals surface area (Å²) < 4.78 is 11.6. The Kier molecular flexibility index (Phi) is 7.73. The van der Waals surface area contributed by atoms with Gasteiger partial charge in [-0.15, -0.1) is 0 Å². The number of fused-ring (bicyclic) bond motifs is 1. The number of H-pyrrole nitrogens is 1. The number of aromatic nitrogens is 2. The van der Waals surface area contributed by atoms with Crippen molar-refractivity contribution in [2.45, 2.75) is 32.8 Å². The molecule has 0 aliphatic carbocycles. The summed E-state index contributed by atoms with van der Waals surface area (Å²) in [6.45, 7) is 9.56. The van der Waals surface area contributed by atoms with Crippen LogP contribution in [-0.2, 0) is 0 Å². The van der Waals surface area contributed by atoms with Crippen LogP contribution in [0.15, 0.2) is 47.3 Å². The van der Waals surface area contributed by atoms with Crippen molar-refractivity contribution >= 4 is 28.3 Å². The van der Waals surface area contributed by atoms with E-state index < -0.39 is 0 Å². The standard InChI is InChI=1S/C25H31ClN4O3/c1-18(2)33-21-7-5-6-20(24(21)26)30-15-13-29(14-16-30)12-3-4-17-32-23-11-9-19-8-10-22(31)27-25(19)28-23/h5-11,18H,3-4,12-17H2,1-2H3,(H,27,28,31). The lowest BCUT2D eigenvalue weighted by molar-refractivity contribution is 0.236. The predicted octanol–water partition coefficient (Wildman–Crippen LogP) is 4.34. The molecule has 8 heteroatoms. The Balaban J connectivity index is 1.19. The molecule has 0 atom stereocenters. The number of anilines is 1. The number of aromatic amines is 1. The third-order valence-electron chi connectivity index (χ3n) is 5.69. The Hall–Kier alpha value is -2.77. The molecule has 1 aliphatic heterocycles. The molecule has 0 saturated carbocycles. The number of nitrogens with one attached hydrogen (secondary N) is 1. The third-order valence-corrected chi connectivity index (χ3v) is 6.07. The minimum atomic E-state index is -0.161. The molecule has 1 aromatic carbocycles. The first kappa shape index (κ1) is 23.4. The zero-order valence-corrected chi connectivity index (χ0v) is 20.0. The second-order valence-corrected chi connectivity index (χ2v) is 8.93. The Morgan fingerprint density at radius 3 is 2.64 bits per heavy atom. The van der Waals surface area contributed by atoms with E-state index >= 15 is 0 Å². The van der Waals surface area contributed by atoms with E-state index in [0.29, 0.717) is 23.2 Å². The van der Waals surface area contributed by atoms with Crippen molar-refractivity contribution in [3.05, 3.63) is 57.8 Å². The van der Waals surface area contributed by atoms with Crippen LogP contribution in [0, 0.1) is 0 Å². The molecule has 1 fully saturated rings. The summed E-state index contributed by atoms with van der Waals surface area (Å²) in [5.74, 6) is 1.29. The normalized spacial score (nSPS) is 14.7. The Morgan fingerprint density at radius 1 is 1.06 bits per heavy atom. The van der Waals surface area contributed by atoms with Gasteiger partial charge in [0.25, 0.3) is 0 Å². The molecule has 2 aromatic heterocycles. The van der Waals surface area contributed by atoms with Gasteiger partial charge in [0.1, 0.15) is 16.4 Å². The van der Waals surface area contributed by atoms with E-state index in [0.717, 1.165) is 62.4 Å². The minimum absolute atomic E-state index is 0.0969. The van der Waals surface area contributed by atoms with Crippen molar-refractivity contribution in [2.75, 3.05) is 44.2 Å². The molecule has 1 N–H and O–H groups in total. The van der Waals surface area contributed by atoms with E-state index in [1.165, 1.54) is 6.07 Å². The summed E-state index contributed by atoms with van der Waals surface area (Å²) in [5.41, 5.74) is 1.44. The molecule has 176 valence electrons. The molecule has 1 aliphatic rings. The van der Waals surface area contributed by atoms with Crippen LogP contribution in [0.25, 0.3) is 11.0 Å². The third kappa shape index (κ3) is 6.18. The Bertz CT molecular complexity index is 1130. The first-order chi connectivity index (χ1) is 16.0. The fraction of sp³-hybridized carbons (Fsp3) is 0.440. The quantitative estimate of drug-likeness (QED) is 0.469. The molecule has 0 unspecified atom stereocenters. The number of piperazine rings is 1. The van der Waals surface area contributed by atoms with Gasteiger partial charge in [-0.3, -0.25) is 9.69 Å². The lowest BCUT2D eigenvalue weighted by Crippen LogP contribution is -2.46. The first-order valence-corrected chi connectivity index (χ1v) is 11.9. The Morgan fingerprint density at radius 2 is 1.85 bits per heavy atom. The summed E-state index contributed by atoms with van der Waals surface area (Å²) in [7, 11) is 0. The summed E-state index contributed by atoms with van der Waals surface area (Å²) in [5, 5.41) is 1.59. The van der Waals surface area contributed by atoms with Crippen molar-refractivity contribution in [3.63, 3.8) is 0 Å². The number of nitrogens with zero attached hydrogens (tertiary/aromatic N) is 3. The van der Waals surface area contributed by atoms with Gasteiger partial charge in [-0.1, -0.05) is 17.7 Å². The van der Waals surface area contributed by atoms with Crippen molar-refractivity contribution in [3.8, 4) is 11.6 Å². The number of pyridine rings is 2. The zero-order chi connectivity index (χ0) is 23.2. The summed E-state index contributed by atoms with van der Waals surface area (Å²) >= 11 is 6.61. The second kappa shape index (κ2) is 10.9. The van der Waals surface area contributed by atoms with E-state index in [1.807, 2.05) is 38.1 Å². The average Bonchev–Trinajstić information content (AvgIpc) is 2.80. The summed E-state index contributed by atoms with van der Waals surface area (Å²) in [4.78, 5) is 23.4. The van der Waals surface area contributed by atoms with Crippen LogP contribution >= 0.6 is 11.6 Å². The van der Waals surface area contributed by atoms with Crippen molar-refractivity contribution in [1.29, 1.82) is 0 Å². The molecule has 0 radical (unpaired) electrons. The van der Waals surface area contributed by atoms with Gasteiger partial charge >= 0.3 is 0 Å². The fourth-order valence-corrected chi connectivity index (χ4v) is 4.30. The van der Waals surface area contributed by atoms with Crippen LogP contribution < -0.4 is 19.9 Å². The predicted molar refractivity (Wildman–Crippen MR) is 133 cm³/mol. The molecule has 33 heavy (non-hydrogen) atoms. The first-order valence-electron chi connectivity index (χ1n) is 11.5. The number of ether oxygens (including phenoxy) is 2. The minimum Gasteiger partial charge on any atom is -0.489 e. The van der Waals surface area contributed by atoms with Gasteiger partial charge in [0, 0.05) is 43.7 Å². The van der Waals surface area contributed by atoms with Gasteiger partial charge in [-0.05, 0) is 57.5 Å². The fourth-order valence-electron chi connectivity index (χ4n) is 4.01. The number of unbranched alkanes of at least 4 members (excludes halogenated alkanes) is 1. The molecule has 0 amide bonds. The largest absolute Gasteiger partial charge is 0.489 e. The highest BCUT2D eigenvalue weighted by Crippen LogP contribution is 2.35. The van der Waals surface area contributed by atoms with Crippen molar-refractivity contribution < 1.29 is 9.47 Å². The second-order valence-electron chi connectivity index (χ2n) is 8.55. The van der Waals surface area contributed by atoms with Crippen LogP contribution in [0.1, 0.15) is 26.7 Å². The Labute approximate surface area is 199 Å². The maximum absolute atomic E-state index is 11.5. The molecule has 1 saturated heterocycles. The number of hydrogen-bond donors (Lipinski definition) is 1. The van der Waals surface area contributed by atoms with Crippen LogP contribution in [0.4, 0.5) is 5.69 Å². The van der Waals surface area contributed by atoms with Crippen LogP contribution in [0.5, 0.6) is 11.6 Å². The lowest BCUT2D eigenvalue weighted by Gasteiger charge is -2.36. The van der Waals surface area contributed by atoms with Crippen molar-refractivity contribution in [1.82, 2.24) is 14.9 Å². The highest BCUT2D eigenvalue weighted by atomic mass is 35.5. The van der Waals surface area contributed by atoms with Gasteiger partial charge in [-0.2, -0.15) is 4.98 Å². The lowest BCUT2D eigenvalue weighted by atomic mass is 10.2. The number of benzene rings is 1. The highest BCUT2D eigenvalue weighted by molar-refractivity contribution is 6.34. The number of halogens is 1. The van der Waals surface area contributed by atoms with Crippen LogP contribution in [0.2, 0.25) is 5.02 Å². The monoisotopic (exact) mass is 470 g/mol. The number of hydrogen-bond acceptors (Lipinski definition) is 6. The topological polar surface area (TPSA) is 70.7 Å². The van der Waals surface area contributed by atoms with Crippen LogP contribution in [-0.4, -0.2) is 60.3 Å². The van der Waals surface area contributed by atoms with Crippen molar-refractivity contribution in [2.24, 2.45) is 0 Å². The molecule has 7 nitrogen and oxygen atoms in total. The SMILES string of the molecule is CC(C)Oc1cccc(N2CCN(CCCCOc3ccc4ccc(=O)[nH]c4n3)CC2)c1Cl. The van der Waals surface area contributed by atoms with E-state index in [-0.39, 0.29) is 11.7 Å². The zero-order valence-electron chi connectivity index (χ0n) is 19.2. The van der Waals surface area contributed by atoms with E-state index in [1.54, 1.807) is 6.07 Å². The summed E-state index contributed by atoms with van der Waals surface area (Å²) in [6.07, 6.45) is 2.11. The van der Waals surface area contributed by atoms with E-state index in [4.69, 9.17) is 21.1 Å². The molecule has 0 bridgehead atoms. The molecular weight excluding hydrogens is 440 g/mol. The number of rotatable bonds is 9. The van der Waals surface area contributed by atoms with Gasteiger partial charge in [0.05, 0.1) is 18.4 Å². The maximum atomic E-state index is 11.5. The summed E-state index contributed by atoms with van der Waals surface area (Å²) in [6, 6.07) is 13.0. The van der Waals surface area contributed by atoms with Gasteiger partial charge in [0.15, 0.2) is 0 Å². The molecular formula is C25H31ClN4O3. The van der Waals surface area contributed by atoms with Gasteiger partial charge in [0.2, 0.25) is 11.4 Å². The van der Waals surface area contributed by atoms with E-state index in [9.17, 15) is 4.79 Å². The molecule has 4 rings (SSSR count). The average molecular weight is 471 g/mol. The van der Waals surface area contributed by atoms with E-state index in [2.05, 4.69) is 25.8 Å². The maximum Gasteiger partial charge on any atom is 0.249 e. The van der Waals surface area contributed by atoms with Crippen LogP contribution in [0.3, 0.4) is 0 Å². The smallest absolute Gasteiger partial charge is 0.249 e.